The number of pyridine rings is 1. The number of ether oxygens (including phenoxy) is 4. The van der Waals surface area contributed by atoms with Crippen LogP contribution in [0.2, 0.25) is 0 Å². The molecule has 4 aromatic rings. The Labute approximate surface area is 274 Å². The van der Waals surface area contributed by atoms with Crippen LogP contribution < -0.4 is 30.2 Å². The molecule has 0 saturated heterocycles. The Bertz CT molecular complexity index is 1760. The van der Waals surface area contributed by atoms with Crippen LogP contribution in [0.3, 0.4) is 0 Å². The lowest BCUT2D eigenvalue weighted by atomic mass is 10.0. The molecular weight excluding hydrogens is 600 g/mol. The first-order valence-corrected chi connectivity index (χ1v) is 15.6. The Hall–Kier alpha value is -5.32. The molecular formula is C36H40N4O7. The largest absolute Gasteiger partial charge is 0.490 e. The molecule has 0 bridgehead atoms. The summed E-state index contributed by atoms with van der Waals surface area (Å²) in [6, 6.07) is 19.5. The zero-order chi connectivity index (χ0) is 33.6. The van der Waals surface area contributed by atoms with E-state index in [4.69, 9.17) is 18.9 Å². The van der Waals surface area contributed by atoms with Crippen molar-refractivity contribution in [2.45, 2.75) is 59.6 Å². The summed E-state index contributed by atoms with van der Waals surface area (Å²) in [5.74, 6) is 1.63. The molecule has 3 aromatic carbocycles. The quantitative estimate of drug-likeness (QED) is 0.138. The van der Waals surface area contributed by atoms with E-state index in [1.807, 2.05) is 32.0 Å². The summed E-state index contributed by atoms with van der Waals surface area (Å²) in [5, 5.41) is 9.21. The fourth-order valence-corrected chi connectivity index (χ4v) is 4.92. The van der Waals surface area contributed by atoms with E-state index in [0.29, 0.717) is 65.9 Å². The molecule has 0 unspecified atom stereocenters. The van der Waals surface area contributed by atoms with E-state index in [1.165, 1.54) is 0 Å². The van der Waals surface area contributed by atoms with Crippen LogP contribution in [0.25, 0.3) is 10.9 Å². The highest BCUT2D eigenvalue weighted by atomic mass is 16.6. The smallest absolute Gasteiger partial charge is 0.407 e. The van der Waals surface area contributed by atoms with E-state index in [2.05, 4.69) is 20.9 Å². The number of amides is 3. The Morgan fingerprint density at radius 3 is 2.11 bits per heavy atom. The third kappa shape index (κ3) is 8.29. The standard InChI is InChI=1S/C36H40N4O7/c1-6-44-30-20-27-28(21-31(30)45-7-2)37-18-15-29(27)46-26-13-11-24(12-14-26)39-32(41)36(16-17-36)33(42)40-25-10-8-9-23(19-25)22-38-34(43)47-35(3,4)5/h8-15,18-21H,6-7,16-17,22H2,1-5H3,(H,38,43)(H,39,41)(H,40,42). The van der Waals surface area contributed by atoms with Crippen molar-refractivity contribution in [1.82, 2.24) is 10.3 Å². The average molecular weight is 641 g/mol. The second-order valence-electron chi connectivity index (χ2n) is 12.2. The minimum Gasteiger partial charge on any atom is -0.490 e. The van der Waals surface area contributed by atoms with Crippen LogP contribution in [0.4, 0.5) is 16.2 Å². The zero-order valence-corrected chi connectivity index (χ0v) is 27.3. The van der Waals surface area contributed by atoms with Gasteiger partial charge in [0.25, 0.3) is 0 Å². The predicted octanol–water partition coefficient (Wildman–Crippen LogP) is 7.21. The minimum atomic E-state index is -1.16. The maximum absolute atomic E-state index is 13.3. The third-order valence-corrected chi connectivity index (χ3v) is 7.35. The minimum absolute atomic E-state index is 0.227. The normalized spacial score (nSPS) is 13.3. The molecule has 246 valence electrons. The summed E-state index contributed by atoms with van der Waals surface area (Å²) in [7, 11) is 0. The van der Waals surface area contributed by atoms with Gasteiger partial charge in [0.15, 0.2) is 11.5 Å². The number of aromatic nitrogens is 1. The predicted molar refractivity (Wildman–Crippen MR) is 179 cm³/mol. The van der Waals surface area contributed by atoms with Crippen molar-refractivity contribution < 1.29 is 33.3 Å². The number of nitrogens with zero attached hydrogens (tertiary/aromatic N) is 1. The molecule has 1 aliphatic rings. The molecule has 3 N–H and O–H groups in total. The maximum atomic E-state index is 13.3. The van der Waals surface area contributed by atoms with Crippen LogP contribution in [0, 0.1) is 5.41 Å². The summed E-state index contributed by atoms with van der Waals surface area (Å²) in [4.78, 5) is 43.0. The van der Waals surface area contributed by atoms with Gasteiger partial charge in [-0.25, -0.2) is 4.79 Å². The van der Waals surface area contributed by atoms with Gasteiger partial charge in [-0.3, -0.25) is 14.6 Å². The fourth-order valence-electron chi connectivity index (χ4n) is 4.92. The summed E-state index contributed by atoms with van der Waals surface area (Å²) in [6.45, 7) is 10.4. The van der Waals surface area contributed by atoms with Crippen LogP contribution in [-0.4, -0.2) is 41.7 Å². The Morgan fingerprint density at radius 1 is 0.809 bits per heavy atom. The molecule has 3 amide bonds. The Kier molecular flexibility index (Phi) is 9.83. The zero-order valence-electron chi connectivity index (χ0n) is 27.3. The van der Waals surface area contributed by atoms with Crippen molar-refractivity contribution in [2.24, 2.45) is 5.41 Å². The number of alkyl carbamates (subject to hydrolysis) is 1. The number of anilines is 2. The van der Waals surface area contributed by atoms with Gasteiger partial charge >= 0.3 is 6.09 Å². The van der Waals surface area contributed by atoms with E-state index < -0.39 is 17.1 Å². The third-order valence-electron chi connectivity index (χ3n) is 7.35. The number of carbonyl (C=O) groups excluding carboxylic acids is 3. The lowest BCUT2D eigenvalue weighted by molar-refractivity contribution is -0.131. The molecule has 0 radical (unpaired) electrons. The lowest BCUT2D eigenvalue weighted by Crippen LogP contribution is -2.35. The molecule has 47 heavy (non-hydrogen) atoms. The van der Waals surface area contributed by atoms with Crippen LogP contribution in [-0.2, 0) is 20.9 Å². The molecule has 1 fully saturated rings. The molecule has 11 heteroatoms. The van der Waals surface area contributed by atoms with Gasteiger partial charge in [-0.15, -0.1) is 0 Å². The topological polar surface area (TPSA) is 137 Å². The van der Waals surface area contributed by atoms with Crippen molar-refractivity contribution in [1.29, 1.82) is 0 Å². The first-order valence-electron chi connectivity index (χ1n) is 15.6. The summed E-state index contributed by atoms with van der Waals surface area (Å²) in [6.07, 6.45) is 2.02. The Balaban J connectivity index is 1.20. The first kappa shape index (κ1) is 33.1. The van der Waals surface area contributed by atoms with Gasteiger partial charge < -0.3 is 34.9 Å². The second kappa shape index (κ2) is 14.0. The highest BCUT2D eigenvalue weighted by molar-refractivity contribution is 6.17. The van der Waals surface area contributed by atoms with Gasteiger partial charge in [-0.2, -0.15) is 0 Å². The van der Waals surface area contributed by atoms with Gasteiger partial charge in [0.2, 0.25) is 11.8 Å². The number of hydrogen-bond acceptors (Lipinski definition) is 8. The monoisotopic (exact) mass is 640 g/mol. The van der Waals surface area contributed by atoms with Gasteiger partial charge in [0, 0.05) is 35.6 Å². The molecule has 1 aliphatic carbocycles. The SMILES string of the molecule is CCOc1cc2nccc(Oc3ccc(NC(=O)C4(C(=O)Nc5cccc(CNC(=O)OC(C)(C)C)c5)CC4)cc3)c2cc1OCC. The number of rotatable bonds is 12. The number of carbonyl (C=O) groups is 3. The molecule has 5 rings (SSSR count). The molecule has 11 nitrogen and oxygen atoms in total. The maximum Gasteiger partial charge on any atom is 0.407 e. The molecule has 0 atom stereocenters. The molecule has 1 aromatic heterocycles. The summed E-state index contributed by atoms with van der Waals surface area (Å²) in [5.41, 5.74) is 0.787. The number of fused-ring (bicyclic) bond motifs is 1. The van der Waals surface area contributed by atoms with Crippen LogP contribution in [0.15, 0.2) is 72.9 Å². The van der Waals surface area contributed by atoms with Crippen LogP contribution in [0.1, 0.15) is 53.0 Å². The number of benzene rings is 3. The van der Waals surface area contributed by atoms with Gasteiger partial charge in [-0.05, 0) is 102 Å². The van der Waals surface area contributed by atoms with Crippen molar-refractivity contribution in [3.8, 4) is 23.0 Å². The Morgan fingerprint density at radius 2 is 1.47 bits per heavy atom. The van der Waals surface area contributed by atoms with Gasteiger partial charge in [0.1, 0.15) is 22.5 Å². The van der Waals surface area contributed by atoms with Crippen molar-refractivity contribution in [2.75, 3.05) is 23.8 Å². The van der Waals surface area contributed by atoms with Gasteiger partial charge in [0.05, 0.1) is 18.7 Å². The summed E-state index contributed by atoms with van der Waals surface area (Å²) >= 11 is 0. The number of hydrogen-bond donors (Lipinski definition) is 3. The molecule has 0 spiro atoms. The van der Waals surface area contributed by atoms with E-state index >= 15 is 0 Å². The van der Waals surface area contributed by atoms with E-state index in [1.54, 1.807) is 75.5 Å². The van der Waals surface area contributed by atoms with E-state index in [-0.39, 0.29) is 18.4 Å². The molecule has 1 saturated carbocycles. The van der Waals surface area contributed by atoms with Crippen molar-refractivity contribution in [3.63, 3.8) is 0 Å². The average Bonchev–Trinajstić information content (AvgIpc) is 3.84. The van der Waals surface area contributed by atoms with Gasteiger partial charge in [-0.1, -0.05) is 12.1 Å². The van der Waals surface area contributed by atoms with Crippen molar-refractivity contribution >= 4 is 40.2 Å². The highest BCUT2D eigenvalue weighted by Crippen LogP contribution is 2.47. The summed E-state index contributed by atoms with van der Waals surface area (Å²) < 4.78 is 23.0. The van der Waals surface area contributed by atoms with E-state index in [9.17, 15) is 14.4 Å². The second-order valence-corrected chi connectivity index (χ2v) is 12.2. The van der Waals surface area contributed by atoms with Crippen molar-refractivity contribution in [3.05, 3.63) is 78.5 Å². The molecule has 1 heterocycles. The fraction of sp³-hybridized carbons (Fsp3) is 0.333. The molecule has 0 aliphatic heterocycles. The van der Waals surface area contributed by atoms with E-state index in [0.717, 1.165) is 10.9 Å². The lowest BCUT2D eigenvalue weighted by Gasteiger charge is -2.20. The first-order chi connectivity index (χ1) is 22.5. The number of nitrogens with one attached hydrogen (secondary N) is 3. The van der Waals surface area contributed by atoms with Crippen LogP contribution in [0.5, 0.6) is 23.0 Å². The highest BCUT2D eigenvalue weighted by Gasteiger charge is 2.56. The van der Waals surface area contributed by atoms with Crippen LogP contribution >= 0.6 is 0 Å².